The third kappa shape index (κ3) is 4.37. The molecule has 1 N–H and O–H groups in total. The molecule has 3 aromatic rings. The first kappa shape index (κ1) is 19.3. The molecule has 0 atom stereocenters. The van der Waals surface area contributed by atoms with Gasteiger partial charge in [0.2, 0.25) is 11.7 Å². The second-order valence-electron chi connectivity index (χ2n) is 7.44. The minimum Gasteiger partial charge on any atom is -0.465 e. The Hall–Kier alpha value is -3.00. The lowest BCUT2D eigenvalue weighted by Gasteiger charge is -2.13. The molecule has 1 aromatic carbocycles. The topological polar surface area (TPSA) is 97.1 Å². The van der Waals surface area contributed by atoms with E-state index >= 15 is 0 Å². The number of carbonyl (C=O) groups excluding carboxylic acids is 1. The molecule has 1 aliphatic carbocycles. The van der Waals surface area contributed by atoms with Gasteiger partial charge in [-0.2, -0.15) is 10.1 Å². The minimum atomic E-state index is -0.372. The van der Waals surface area contributed by atoms with E-state index in [4.69, 9.17) is 9.26 Å². The zero-order chi connectivity index (χ0) is 20.2. The number of aryl methyl sites for hydroxylation is 1. The fourth-order valence-electron chi connectivity index (χ4n) is 3.71. The summed E-state index contributed by atoms with van der Waals surface area (Å²) in [6.07, 6.45) is 5.93. The molecule has 0 amide bonds. The number of hydrogen-bond acceptors (Lipinski definition) is 7. The van der Waals surface area contributed by atoms with Crippen molar-refractivity contribution in [3.63, 3.8) is 0 Å². The van der Waals surface area contributed by atoms with Gasteiger partial charge in [-0.05, 0) is 50.4 Å². The predicted molar refractivity (Wildman–Crippen MR) is 106 cm³/mol. The zero-order valence-corrected chi connectivity index (χ0v) is 16.8. The molecular formula is C21H25N5O3. The number of H-pyrrole nitrogens is 1. The zero-order valence-electron chi connectivity index (χ0n) is 16.8. The smallest absolute Gasteiger partial charge is 0.337 e. The number of rotatable bonds is 6. The van der Waals surface area contributed by atoms with E-state index < -0.39 is 0 Å². The number of ether oxygens (including phenoxy) is 1. The second kappa shape index (κ2) is 8.57. The highest BCUT2D eigenvalue weighted by atomic mass is 16.5. The highest BCUT2D eigenvalue weighted by Gasteiger charge is 2.18. The number of esters is 1. The molecule has 0 radical (unpaired) electrons. The van der Waals surface area contributed by atoms with Crippen LogP contribution in [0.1, 0.15) is 52.5 Å². The fraction of sp³-hybridized carbons (Fsp3) is 0.429. The van der Waals surface area contributed by atoms with Crippen molar-refractivity contribution in [3.05, 3.63) is 52.7 Å². The molecule has 2 heterocycles. The molecule has 1 aliphatic rings. The fourth-order valence-corrected chi connectivity index (χ4v) is 3.71. The lowest BCUT2D eigenvalue weighted by Crippen LogP contribution is -2.18. The Morgan fingerprint density at radius 3 is 2.76 bits per heavy atom. The van der Waals surface area contributed by atoms with Crippen LogP contribution in [0, 0.1) is 0 Å². The van der Waals surface area contributed by atoms with Gasteiger partial charge in [0.1, 0.15) is 0 Å². The summed E-state index contributed by atoms with van der Waals surface area (Å²) >= 11 is 0. The van der Waals surface area contributed by atoms with Gasteiger partial charge in [0.05, 0.1) is 24.9 Å². The van der Waals surface area contributed by atoms with Crippen LogP contribution in [0.15, 0.2) is 28.8 Å². The largest absolute Gasteiger partial charge is 0.465 e. The van der Waals surface area contributed by atoms with Gasteiger partial charge in [-0.3, -0.25) is 10.00 Å². The molecule has 0 saturated carbocycles. The first-order valence-electron chi connectivity index (χ1n) is 9.89. The number of carbonyl (C=O) groups is 1. The molecule has 8 heteroatoms. The number of nitrogens with one attached hydrogen (secondary N) is 1. The molecule has 0 aliphatic heterocycles. The summed E-state index contributed by atoms with van der Waals surface area (Å²) in [4.78, 5) is 18.1. The van der Waals surface area contributed by atoms with E-state index in [1.165, 1.54) is 37.6 Å². The lowest BCUT2D eigenvalue weighted by molar-refractivity contribution is 0.0600. The van der Waals surface area contributed by atoms with E-state index in [1.807, 2.05) is 7.05 Å². The summed E-state index contributed by atoms with van der Waals surface area (Å²) in [7, 11) is 3.38. The first-order valence-corrected chi connectivity index (χ1v) is 9.89. The molecule has 0 fully saturated rings. The third-order valence-corrected chi connectivity index (χ3v) is 5.25. The summed E-state index contributed by atoms with van der Waals surface area (Å²) in [6, 6.07) is 6.94. The Balaban J connectivity index is 1.40. The molecular weight excluding hydrogens is 370 g/mol. The number of benzene rings is 1. The second-order valence-corrected chi connectivity index (χ2v) is 7.44. The van der Waals surface area contributed by atoms with E-state index in [0.717, 1.165) is 30.6 Å². The minimum absolute atomic E-state index is 0.372. The molecule has 8 nitrogen and oxygen atoms in total. The van der Waals surface area contributed by atoms with Crippen molar-refractivity contribution in [2.24, 2.45) is 0 Å². The van der Waals surface area contributed by atoms with Crippen LogP contribution in [0.2, 0.25) is 0 Å². The quantitative estimate of drug-likeness (QED) is 0.506. The average molecular weight is 395 g/mol. The van der Waals surface area contributed by atoms with Gasteiger partial charge >= 0.3 is 5.97 Å². The van der Waals surface area contributed by atoms with Gasteiger partial charge in [-0.1, -0.05) is 23.7 Å². The number of hydrogen-bond donors (Lipinski definition) is 1. The third-order valence-electron chi connectivity index (χ3n) is 5.25. The number of aromatic amines is 1. The van der Waals surface area contributed by atoms with Crippen molar-refractivity contribution in [1.82, 2.24) is 25.2 Å². The van der Waals surface area contributed by atoms with Crippen LogP contribution in [-0.2, 0) is 30.7 Å². The van der Waals surface area contributed by atoms with Crippen molar-refractivity contribution in [2.75, 3.05) is 14.2 Å². The Morgan fingerprint density at radius 1 is 1.17 bits per heavy atom. The van der Waals surface area contributed by atoms with Gasteiger partial charge in [-0.15, -0.1) is 0 Å². The SMILES string of the molecule is COC(=O)c1ccc(-c2noc(CN(C)Cc3n[nH]c4c3CCCCC4)n2)cc1. The van der Waals surface area contributed by atoms with Gasteiger partial charge in [0.25, 0.3) is 0 Å². The summed E-state index contributed by atoms with van der Waals surface area (Å²) < 4.78 is 10.1. The van der Waals surface area contributed by atoms with Crippen molar-refractivity contribution in [3.8, 4) is 11.4 Å². The summed E-state index contributed by atoms with van der Waals surface area (Å²) in [6.45, 7) is 1.27. The predicted octanol–water partition coefficient (Wildman–Crippen LogP) is 3.15. The Morgan fingerprint density at radius 2 is 1.97 bits per heavy atom. The van der Waals surface area contributed by atoms with E-state index in [2.05, 4.69) is 25.2 Å². The number of methoxy groups -OCH3 is 1. The van der Waals surface area contributed by atoms with Gasteiger partial charge in [0.15, 0.2) is 0 Å². The molecule has 152 valence electrons. The van der Waals surface area contributed by atoms with Crippen LogP contribution in [0.4, 0.5) is 0 Å². The Labute approximate surface area is 169 Å². The molecule has 0 spiro atoms. The van der Waals surface area contributed by atoms with Crippen LogP contribution in [0.25, 0.3) is 11.4 Å². The monoisotopic (exact) mass is 395 g/mol. The average Bonchev–Trinajstić information content (AvgIpc) is 3.27. The van der Waals surface area contributed by atoms with E-state index in [-0.39, 0.29) is 5.97 Å². The van der Waals surface area contributed by atoms with E-state index in [1.54, 1.807) is 24.3 Å². The highest BCUT2D eigenvalue weighted by Crippen LogP contribution is 2.23. The van der Waals surface area contributed by atoms with Crippen molar-refractivity contribution in [1.29, 1.82) is 0 Å². The normalized spacial score (nSPS) is 13.9. The van der Waals surface area contributed by atoms with Crippen molar-refractivity contribution >= 4 is 5.97 Å². The maximum absolute atomic E-state index is 11.5. The summed E-state index contributed by atoms with van der Waals surface area (Å²) in [5, 5.41) is 11.8. The van der Waals surface area contributed by atoms with Crippen LogP contribution in [0.3, 0.4) is 0 Å². The number of fused-ring (bicyclic) bond motifs is 1. The Kier molecular flexibility index (Phi) is 5.71. The first-order chi connectivity index (χ1) is 14.1. The molecule has 0 unspecified atom stereocenters. The van der Waals surface area contributed by atoms with Crippen molar-refractivity contribution < 1.29 is 14.1 Å². The molecule has 4 rings (SSSR count). The van der Waals surface area contributed by atoms with Gasteiger partial charge in [-0.25, -0.2) is 4.79 Å². The molecule has 2 aromatic heterocycles. The maximum Gasteiger partial charge on any atom is 0.337 e. The molecule has 0 bridgehead atoms. The lowest BCUT2D eigenvalue weighted by atomic mass is 10.1. The number of nitrogens with zero attached hydrogens (tertiary/aromatic N) is 4. The van der Waals surface area contributed by atoms with Gasteiger partial charge in [0, 0.05) is 17.8 Å². The molecule has 29 heavy (non-hydrogen) atoms. The van der Waals surface area contributed by atoms with Crippen LogP contribution in [-0.4, -0.2) is 45.4 Å². The standard InChI is InChI=1S/C21H25N5O3/c1-26(12-18-16-6-4-3-5-7-17(16)23-24-18)13-19-22-20(25-29-19)14-8-10-15(11-9-14)21(27)28-2/h8-11H,3-7,12-13H2,1-2H3,(H,23,24). The maximum atomic E-state index is 11.5. The van der Waals surface area contributed by atoms with Crippen LogP contribution >= 0.6 is 0 Å². The van der Waals surface area contributed by atoms with Crippen LogP contribution in [0.5, 0.6) is 0 Å². The highest BCUT2D eigenvalue weighted by molar-refractivity contribution is 5.89. The van der Waals surface area contributed by atoms with Crippen LogP contribution < -0.4 is 0 Å². The van der Waals surface area contributed by atoms with Crippen molar-refractivity contribution in [2.45, 2.75) is 45.2 Å². The van der Waals surface area contributed by atoms with Gasteiger partial charge < -0.3 is 9.26 Å². The Bertz CT molecular complexity index is 977. The summed E-state index contributed by atoms with van der Waals surface area (Å²) in [5.41, 5.74) is 5.06. The number of aromatic nitrogens is 4. The van der Waals surface area contributed by atoms with E-state index in [9.17, 15) is 4.79 Å². The summed E-state index contributed by atoms with van der Waals surface area (Å²) in [5.74, 6) is 0.669. The molecule has 0 saturated heterocycles. The van der Waals surface area contributed by atoms with E-state index in [0.29, 0.717) is 23.8 Å².